The fourth-order valence-electron chi connectivity index (χ4n) is 2.86. The summed E-state index contributed by atoms with van der Waals surface area (Å²) in [5.74, 6) is 0.632. The number of benzene rings is 1. The van der Waals surface area contributed by atoms with Crippen LogP contribution in [-0.2, 0) is 0 Å². The van der Waals surface area contributed by atoms with E-state index in [-0.39, 0.29) is 18.1 Å². The lowest BCUT2D eigenvalue weighted by atomic mass is 9.56. The van der Waals surface area contributed by atoms with Crippen molar-refractivity contribution in [2.45, 2.75) is 45.2 Å². The Labute approximate surface area is 104 Å². The molecule has 2 nitrogen and oxygen atoms in total. The van der Waals surface area contributed by atoms with Crippen molar-refractivity contribution < 1.29 is 5.11 Å². The molecule has 0 bridgehead atoms. The minimum absolute atomic E-state index is 0.191. The Morgan fingerprint density at radius 2 is 2.00 bits per heavy atom. The monoisotopic (exact) mass is 233 g/mol. The SMILES string of the molecule is C[C@@H](CO)N[C@H]1C[C@H](c2ccccc2)C1(C)C. The molecule has 1 aliphatic carbocycles. The molecule has 1 saturated carbocycles. The van der Waals surface area contributed by atoms with Gasteiger partial charge in [0.15, 0.2) is 0 Å². The summed E-state index contributed by atoms with van der Waals surface area (Å²) in [6, 6.07) is 11.4. The second-order valence-corrected chi connectivity index (χ2v) is 5.82. The van der Waals surface area contributed by atoms with Crippen molar-refractivity contribution in [3.63, 3.8) is 0 Å². The summed E-state index contributed by atoms with van der Waals surface area (Å²) < 4.78 is 0. The van der Waals surface area contributed by atoms with E-state index in [0.29, 0.717) is 12.0 Å². The molecule has 94 valence electrons. The van der Waals surface area contributed by atoms with Crippen molar-refractivity contribution in [2.75, 3.05) is 6.61 Å². The molecule has 1 aromatic carbocycles. The number of rotatable bonds is 4. The van der Waals surface area contributed by atoms with Crippen LogP contribution in [0.25, 0.3) is 0 Å². The lowest BCUT2D eigenvalue weighted by molar-refractivity contribution is 0.0544. The van der Waals surface area contributed by atoms with Gasteiger partial charge in [-0.15, -0.1) is 0 Å². The molecule has 1 aliphatic rings. The highest BCUT2D eigenvalue weighted by atomic mass is 16.3. The first-order chi connectivity index (χ1) is 8.05. The predicted octanol–water partition coefficient (Wildman–Crippen LogP) is 2.54. The average Bonchev–Trinajstić information content (AvgIpc) is 2.34. The molecule has 0 amide bonds. The third kappa shape index (κ3) is 2.38. The van der Waals surface area contributed by atoms with Crippen molar-refractivity contribution in [3.8, 4) is 0 Å². The Morgan fingerprint density at radius 1 is 1.35 bits per heavy atom. The maximum absolute atomic E-state index is 9.09. The minimum atomic E-state index is 0.191. The molecule has 0 unspecified atom stereocenters. The van der Waals surface area contributed by atoms with Gasteiger partial charge in [0.1, 0.15) is 0 Å². The summed E-state index contributed by atoms with van der Waals surface area (Å²) in [6.45, 7) is 6.88. The van der Waals surface area contributed by atoms with Crippen LogP contribution < -0.4 is 5.32 Å². The van der Waals surface area contributed by atoms with Gasteiger partial charge in [0.25, 0.3) is 0 Å². The number of nitrogens with one attached hydrogen (secondary N) is 1. The molecule has 2 N–H and O–H groups in total. The second kappa shape index (κ2) is 4.79. The molecular formula is C15H23NO. The van der Waals surface area contributed by atoms with Crippen molar-refractivity contribution in [3.05, 3.63) is 35.9 Å². The number of hydrogen-bond donors (Lipinski definition) is 2. The summed E-state index contributed by atoms with van der Waals surface area (Å²) >= 11 is 0. The van der Waals surface area contributed by atoms with E-state index in [1.165, 1.54) is 12.0 Å². The Hall–Kier alpha value is -0.860. The van der Waals surface area contributed by atoms with Gasteiger partial charge in [0, 0.05) is 12.1 Å². The van der Waals surface area contributed by atoms with Crippen LogP contribution in [0.2, 0.25) is 0 Å². The third-order valence-corrected chi connectivity index (χ3v) is 4.23. The molecule has 0 aromatic heterocycles. The lowest BCUT2D eigenvalue weighted by Gasteiger charge is -2.53. The van der Waals surface area contributed by atoms with Gasteiger partial charge in [-0.2, -0.15) is 0 Å². The Morgan fingerprint density at radius 3 is 2.53 bits per heavy atom. The highest BCUT2D eigenvalue weighted by Gasteiger charge is 2.48. The molecule has 0 spiro atoms. The summed E-state index contributed by atoms with van der Waals surface area (Å²) in [4.78, 5) is 0. The Bertz CT molecular complexity index is 360. The van der Waals surface area contributed by atoms with E-state index >= 15 is 0 Å². The van der Waals surface area contributed by atoms with Crippen LogP contribution in [0.3, 0.4) is 0 Å². The van der Waals surface area contributed by atoms with E-state index < -0.39 is 0 Å². The maximum atomic E-state index is 9.09. The normalized spacial score (nSPS) is 28.5. The van der Waals surface area contributed by atoms with Crippen molar-refractivity contribution in [2.24, 2.45) is 5.41 Å². The highest BCUT2D eigenvalue weighted by molar-refractivity contribution is 5.27. The molecule has 1 fully saturated rings. The maximum Gasteiger partial charge on any atom is 0.0582 e. The minimum Gasteiger partial charge on any atom is -0.395 e. The fourth-order valence-corrected chi connectivity index (χ4v) is 2.86. The Kier molecular flexibility index (Phi) is 3.55. The van der Waals surface area contributed by atoms with Gasteiger partial charge in [0.2, 0.25) is 0 Å². The van der Waals surface area contributed by atoms with E-state index in [2.05, 4.69) is 49.5 Å². The molecular weight excluding hydrogens is 210 g/mol. The topological polar surface area (TPSA) is 32.3 Å². The van der Waals surface area contributed by atoms with Gasteiger partial charge < -0.3 is 10.4 Å². The van der Waals surface area contributed by atoms with Crippen molar-refractivity contribution >= 4 is 0 Å². The quantitative estimate of drug-likeness (QED) is 0.837. The molecule has 1 aromatic rings. The Balaban J connectivity index is 2.02. The van der Waals surface area contributed by atoms with Gasteiger partial charge in [-0.3, -0.25) is 0 Å². The summed E-state index contributed by atoms with van der Waals surface area (Å²) in [5.41, 5.74) is 1.71. The number of hydrogen-bond acceptors (Lipinski definition) is 2. The van der Waals surface area contributed by atoms with Crippen LogP contribution in [0, 0.1) is 5.41 Å². The molecule has 2 rings (SSSR count). The van der Waals surface area contributed by atoms with Crippen molar-refractivity contribution in [1.29, 1.82) is 0 Å². The molecule has 3 atom stereocenters. The van der Waals surface area contributed by atoms with Crippen LogP contribution in [-0.4, -0.2) is 23.8 Å². The number of aliphatic hydroxyl groups is 1. The second-order valence-electron chi connectivity index (χ2n) is 5.82. The van der Waals surface area contributed by atoms with Gasteiger partial charge in [-0.25, -0.2) is 0 Å². The molecule has 0 saturated heterocycles. The standard InChI is InChI=1S/C15H23NO/c1-11(10-17)16-14-9-13(15(14,2)3)12-7-5-4-6-8-12/h4-8,11,13-14,16-17H,9-10H2,1-3H3/t11-,13+,14-/m0/s1. The van der Waals surface area contributed by atoms with E-state index in [0.717, 1.165) is 0 Å². The zero-order chi connectivity index (χ0) is 12.5. The molecule has 17 heavy (non-hydrogen) atoms. The van der Waals surface area contributed by atoms with Gasteiger partial charge in [-0.1, -0.05) is 44.2 Å². The summed E-state index contributed by atoms with van der Waals surface area (Å²) in [7, 11) is 0. The van der Waals surface area contributed by atoms with Crippen molar-refractivity contribution in [1.82, 2.24) is 5.32 Å². The lowest BCUT2D eigenvalue weighted by Crippen LogP contribution is -2.58. The summed E-state index contributed by atoms with van der Waals surface area (Å²) in [5, 5.41) is 12.6. The van der Waals surface area contributed by atoms with Crippen LogP contribution >= 0.6 is 0 Å². The van der Waals surface area contributed by atoms with Gasteiger partial charge in [-0.05, 0) is 30.2 Å². The molecule has 0 heterocycles. The third-order valence-electron chi connectivity index (χ3n) is 4.23. The predicted molar refractivity (Wildman–Crippen MR) is 71.1 cm³/mol. The van der Waals surface area contributed by atoms with Gasteiger partial charge >= 0.3 is 0 Å². The molecule has 2 heteroatoms. The largest absolute Gasteiger partial charge is 0.395 e. The van der Waals surface area contributed by atoms with E-state index in [1.807, 2.05) is 6.92 Å². The highest BCUT2D eigenvalue weighted by Crippen LogP contribution is 2.52. The van der Waals surface area contributed by atoms with Crippen LogP contribution in [0.5, 0.6) is 0 Å². The van der Waals surface area contributed by atoms with E-state index in [1.54, 1.807) is 0 Å². The van der Waals surface area contributed by atoms with E-state index in [9.17, 15) is 0 Å². The first-order valence-corrected chi connectivity index (χ1v) is 6.47. The molecule has 0 radical (unpaired) electrons. The van der Waals surface area contributed by atoms with Crippen LogP contribution in [0.1, 0.15) is 38.7 Å². The smallest absolute Gasteiger partial charge is 0.0582 e. The zero-order valence-corrected chi connectivity index (χ0v) is 11.0. The van der Waals surface area contributed by atoms with Gasteiger partial charge in [0.05, 0.1) is 6.61 Å². The van der Waals surface area contributed by atoms with Crippen LogP contribution in [0.4, 0.5) is 0 Å². The first kappa shape index (κ1) is 12.6. The van der Waals surface area contributed by atoms with E-state index in [4.69, 9.17) is 5.11 Å². The molecule has 0 aliphatic heterocycles. The van der Waals surface area contributed by atoms with Crippen LogP contribution in [0.15, 0.2) is 30.3 Å². The fraction of sp³-hybridized carbons (Fsp3) is 0.600. The average molecular weight is 233 g/mol. The summed E-state index contributed by atoms with van der Waals surface area (Å²) in [6.07, 6.45) is 1.17. The number of aliphatic hydroxyl groups excluding tert-OH is 1. The first-order valence-electron chi connectivity index (χ1n) is 6.47. The zero-order valence-electron chi connectivity index (χ0n) is 11.0.